The number of fused-ring (bicyclic) bond motifs is 2. The van der Waals surface area contributed by atoms with Crippen molar-refractivity contribution in [2.45, 2.75) is 81.2 Å². The van der Waals surface area contributed by atoms with Gasteiger partial charge in [0.05, 0.1) is 37.3 Å². The number of nitriles is 1. The van der Waals surface area contributed by atoms with E-state index in [-0.39, 0.29) is 42.1 Å². The molecule has 1 aromatic carbocycles. The van der Waals surface area contributed by atoms with E-state index in [1.54, 1.807) is 11.0 Å². The number of likely N-dealkylation sites (tertiary alicyclic amines) is 1. The summed E-state index contributed by atoms with van der Waals surface area (Å²) in [6.45, 7) is 6.79. The van der Waals surface area contributed by atoms with Gasteiger partial charge in [0.1, 0.15) is 11.6 Å². The van der Waals surface area contributed by atoms with E-state index in [2.05, 4.69) is 40.1 Å². The van der Waals surface area contributed by atoms with Crippen molar-refractivity contribution in [3.05, 3.63) is 42.2 Å². The Bertz CT molecular complexity index is 1260. The average Bonchev–Trinajstić information content (AvgIpc) is 3.41. The lowest BCUT2D eigenvalue weighted by Gasteiger charge is -2.54. The first-order chi connectivity index (χ1) is 20.3. The number of Topliss-reactive ketones (excluding diaryl/α,β-unsaturated/α-hetero) is 1. The molecular weight excluding hydrogens is 539 g/mol. The van der Waals surface area contributed by atoms with Crippen LogP contribution in [0.4, 0.5) is 4.39 Å². The third-order valence-corrected chi connectivity index (χ3v) is 10.1. The minimum atomic E-state index is -1.01. The van der Waals surface area contributed by atoms with Crippen molar-refractivity contribution in [1.29, 1.82) is 5.26 Å². The van der Waals surface area contributed by atoms with Gasteiger partial charge in [-0.25, -0.2) is 4.39 Å². The number of ketones is 1. The first kappa shape index (κ1) is 29.2. The van der Waals surface area contributed by atoms with Crippen LogP contribution in [0.25, 0.3) is 0 Å². The molecule has 42 heavy (non-hydrogen) atoms. The Morgan fingerprint density at radius 2 is 2.12 bits per heavy atom. The standard InChI is InChI=1S/C31H41FN6O4/c1-3-26(39)38-16-15-37(18-22(38)10-13-33)29-24-9-12-31(11-8-20-6-7-21(32)17-25(20)42-31)28(40)27(24)34-30(35-29)41-19-23-5-4-14-36(23)2/h3,6-7,17,22-24,27,29-30,34-35H,1,4-5,8-12,14-16,18-19H2,2H3/t22?,23?,24?,27?,29?,30?,31-/m0/s1. The van der Waals surface area contributed by atoms with E-state index in [0.29, 0.717) is 57.3 Å². The number of aryl methyl sites for hydroxylation is 1. The molecular formula is C31H41FN6O4. The van der Waals surface area contributed by atoms with Gasteiger partial charge in [-0.05, 0) is 69.8 Å². The van der Waals surface area contributed by atoms with Gasteiger partial charge in [0.15, 0.2) is 17.7 Å². The Balaban J connectivity index is 1.24. The van der Waals surface area contributed by atoms with E-state index >= 15 is 0 Å². The molecule has 11 heteroatoms. The second-order valence-electron chi connectivity index (χ2n) is 12.4. The van der Waals surface area contributed by atoms with Crippen molar-refractivity contribution in [2.24, 2.45) is 5.92 Å². The van der Waals surface area contributed by atoms with Crippen LogP contribution in [0, 0.1) is 23.1 Å². The van der Waals surface area contributed by atoms with Crippen molar-refractivity contribution >= 4 is 11.7 Å². The van der Waals surface area contributed by atoms with Crippen LogP contribution in [0.15, 0.2) is 30.9 Å². The largest absolute Gasteiger partial charge is 0.479 e. The zero-order valence-corrected chi connectivity index (χ0v) is 24.3. The molecule has 6 unspecified atom stereocenters. The summed E-state index contributed by atoms with van der Waals surface area (Å²) in [5, 5.41) is 16.6. The first-order valence-electron chi connectivity index (χ1n) is 15.2. The fourth-order valence-electron chi connectivity index (χ4n) is 7.66. The molecule has 1 saturated carbocycles. The predicted molar refractivity (Wildman–Crippen MR) is 153 cm³/mol. The summed E-state index contributed by atoms with van der Waals surface area (Å²) in [5.41, 5.74) is -0.0867. The van der Waals surface area contributed by atoms with Crippen LogP contribution in [-0.2, 0) is 20.7 Å². The molecule has 0 aromatic heterocycles. The van der Waals surface area contributed by atoms with Gasteiger partial charge in [-0.15, -0.1) is 0 Å². The number of carbonyl (C=O) groups is 2. The molecule has 1 amide bonds. The van der Waals surface area contributed by atoms with Crippen LogP contribution in [0.3, 0.4) is 0 Å². The quantitative estimate of drug-likeness (QED) is 0.487. The number of likely N-dealkylation sites (N-methyl/N-ethyl adjacent to an activating group) is 1. The molecule has 5 aliphatic rings. The summed E-state index contributed by atoms with van der Waals surface area (Å²) in [6.07, 6.45) is 5.44. The zero-order chi connectivity index (χ0) is 29.4. The van der Waals surface area contributed by atoms with Gasteiger partial charge in [0, 0.05) is 37.7 Å². The monoisotopic (exact) mass is 580 g/mol. The van der Waals surface area contributed by atoms with Gasteiger partial charge in [0.25, 0.3) is 0 Å². The van der Waals surface area contributed by atoms with E-state index in [1.165, 1.54) is 18.2 Å². The Kier molecular flexibility index (Phi) is 8.35. The number of nitrogens with zero attached hydrogens (tertiary/aromatic N) is 4. The number of hydrogen-bond acceptors (Lipinski definition) is 9. The number of amides is 1. The van der Waals surface area contributed by atoms with Crippen LogP contribution >= 0.6 is 0 Å². The lowest BCUT2D eigenvalue weighted by atomic mass is 9.69. The molecule has 3 saturated heterocycles. The van der Waals surface area contributed by atoms with Crippen LogP contribution in [0.5, 0.6) is 5.75 Å². The summed E-state index contributed by atoms with van der Waals surface area (Å²) in [5.74, 6) is -0.176. The van der Waals surface area contributed by atoms with Crippen LogP contribution in [0.1, 0.15) is 44.1 Å². The molecule has 1 spiro atoms. The number of nitrogens with one attached hydrogen (secondary N) is 2. The van der Waals surface area contributed by atoms with E-state index in [1.807, 2.05) is 0 Å². The molecule has 0 bridgehead atoms. The number of carbonyl (C=O) groups excluding carboxylic acids is 2. The topological polar surface area (TPSA) is 110 Å². The van der Waals surface area contributed by atoms with Crippen molar-refractivity contribution in [3.63, 3.8) is 0 Å². The smallest absolute Gasteiger partial charge is 0.246 e. The number of hydrogen-bond donors (Lipinski definition) is 2. The van der Waals surface area contributed by atoms with Gasteiger partial charge in [0.2, 0.25) is 5.91 Å². The number of rotatable bonds is 6. The lowest BCUT2D eigenvalue weighted by Crippen LogP contribution is -2.76. The highest BCUT2D eigenvalue weighted by atomic mass is 19.1. The predicted octanol–water partition coefficient (Wildman–Crippen LogP) is 1.76. The van der Waals surface area contributed by atoms with Crippen molar-refractivity contribution in [3.8, 4) is 11.8 Å². The van der Waals surface area contributed by atoms with Crippen LogP contribution in [0.2, 0.25) is 0 Å². The molecule has 4 aliphatic heterocycles. The second-order valence-corrected chi connectivity index (χ2v) is 12.4. The average molecular weight is 581 g/mol. The summed E-state index contributed by atoms with van der Waals surface area (Å²) < 4.78 is 26.9. The molecule has 10 nitrogen and oxygen atoms in total. The third kappa shape index (κ3) is 5.47. The first-order valence-corrected chi connectivity index (χ1v) is 15.2. The van der Waals surface area contributed by atoms with Gasteiger partial charge >= 0.3 is 0 Å². The molecule has 7 atom stereocenters. The molecule has 4 fully saturated rings. The number of halogens is 1. The highest BCUT2D eigenvalue weighted by Gasteiger charge is 2.56. The second kappa shape index (κ2) is 12.0. The minimum Gasteiger partial charge on any atom is -0.479 e. The van der Waals surface area contributed by atoms with E-state index in [4.69, 9.17) is 9.47 Å². The summed E-state index contributed by atoms with van der Waals surface area (Å²) in [4.78, 5) is 33.2. The summed E-state index contributed by atoms with van der Waals surface area (Å²) >= 11 is 0. The Labute approximate surface area is 246 Å². The van der Waals surface area contributed by atoms with Crippen molar-refractivity contribution in [2.75, 3.05) is 39.8 Å². The minimum absolute atomic E-state index is 0.0132. The Morgan fingerprint density at radius 1 is 1.26 bits per heavy atom. The third-order valence-electron chi connectivity index (χ3n) is 10.1. The van der Waals surface area contributed by atoms with E-state index < -0.39 is 18.0 Å². The maximum absolute atomic E-state index is 14.4. The number of benzene rings is 1. The van der Waals surface area contributed by atoms with Crippen molar-refractivity contribution in [1.82, 2.24) is 25.3 Å². The lowest BCUT2D eigenvalue weighted by molar-refractivity contribution is -0.160. The Morgan fingerprint density at radius 3 is 2.88 bits per heavy atom. The SMILES string of the molecule is C=CC(=O)N1CCN(C2NC(OCC3CCCN3C)NC3C(=O)[C@]4(CCc5ccc(F)cc5O4)CCC32)CC1CC#N. The maximum Gasteiger partial charge on any atom is 0.246 e. The fraction of sp³-hybridized carbons (Fsp3) is 0.645. The van der Waals surface area contributed by atoms with E-state index in [9.17, 15) is 19.2 Å². The van der Waals surface area contributed by atoms with Crippen LogP contribution < -0.4 is 15.4 Å². The molecule has 0 radical (unpaired) electrons. The van der Waals surface area contributed by atoms with Crippen LogP contribution in [-0.4, -0.2) is 102 Å². The maximum atomic E-state index is 14.4. The zero-order valence-electron chi connectivity index (χ0n) is 24.3. The van der Waals surface area contributed by atoms with Gasteiger partial charge in [-0.1, -0.05) is 12.6 Å². The number of piperazine rings is 1. The molecule has 2 N–H and O–H groups in total. The molecule has 4 heterocycles. The van der Waals surface area contributed by atoms with E-state index in [0.717, 1.165) is 31.4 Å². The Hall–Kier alpha value is -2.88. The summed E-state index contributed by atoms with van der Waals surface area (Å²) in [7, 11) is 2.11. The molecule has 226 valence electrons. The van der Waals surface area contributed by atoms with Gasteiger partial charge < -0.3 is 19.3 Å². The fourth-order valence-corrected chi connectivity index (χ4v) is 7.66. The molecule has 6 rings (SSSR count). The highest BCUT2D eigenvalue weighted by Crippen LogP contribution is 2.44. The molecule has 1 aliphatic carbocycles. The normalized spacial score (nSPS) is 35.3. The highest BCUT2D eigenvalue weighted by molar-refractivity contribution is 5.94. The number of ether oxygens (including phenoxy) is 2. The van der Waals surface area contributed by atoms with Gasteiger partial charge in [-0.2, -0.15) is 5.26 Å². The van der Waals surface area contributed by atoms with Gasteiger partial charge in [-0.3, -0.25) is 25.1 Å². The van der Waals surface area contributed by atoms with Crippen molar-refractivity contribution < 1.29 is 23.5 Å². The summed E-state index contributed by atoms with van der Waals surface area (Å²) in [6, 6.07) is 6.33. The molecule has 1 aromatic rings.